The first-order valence-electron chi connectivity index (χ1n) is 8.61. The molecule has 0 saturated carbocycles. The van der Waals surface area contributed by atoms with Crippen LogP contribution in [0, 0.1) is 6.92 Å². The molecule has 1 unspecified atom stereocenters. The minimum absolute atomic E-state index is 0. The molecule has 142 valence electrons. The van der Waals surface area contributed by atoms with E-state index in [2.05, 4.69) is 59.1 Å². The van der Waals surface area contributed by atoms with Crippen LogP contribution >= 0.6 is 24.0 Å². The highest BCUT2D eigenvalue weighted by Gasteiger charge is 2.13. The first-order chi connectivity index (χ1) is 11.2. The van der Waals surface area contributed by atoms with E-state index < -0.39 is 0 Å². The number of carbonyl (C=O) groups is 1. The van der Waals surface area contributed by atoms with Crippen LogP contribution in [-0.4, -0.2) is 37.0 Å². The van der Waals surface area contributed by atoms with E-state index in [9.17, 15) is 4.79 Å². The van der Waals surface area contributed by atoms with Gasteiger partial charge in [-0.3, -0.25) is 4.79 Å². The highest BCUT2D eigenvalue weighted by Crippen LogP contribution is 2.15. The Morgan fingerprint density at radius 2 is 1.92 bits per heavy atom. The van der Waals surface area contributed by atoms with Crippen LogP contribution in [0.2, 0.25) is 0 Å². The zero-order valence-corrected chi connectivity index (χ0v) is 18.6. The van der Waals surface area contributed by atoms with Gasteiger partial charge in [0.1, 0.15) is 6.54 Å². The highest BCUT2D eigenvalue weighted by atomic mass is 127. The molecule has 0 radical (unpaired) electrons. The maximum atomic E-state index is 11.9. The van der Waals surface area contributed by atoms with Gasteiger partial charge < -0.3 is 16.0 Å². The summed E-state index contributed by atoms with van der Waals surface area (Å²) in [6, 6.07) is 8.52. The second-order valence-electron chi connectivity index (χ2n) is 7.19. The van der Waals surface area contributed by atoms with Crippen LogP contribution in [0.4, 0.5) is 0 Å². The van der Waals surface area contributed by atoms with Crippen molar-refractivity contribution in [1.29, 1.82) is 0 Å². The van der Waals surface area contributed by atoms with Crippen LogP contribution in [-0.2, 0) is 4.79 Å². The number of nitrogens with one attached hydrogen (secondary N) is 3. The van der Waals surface area contributed by atoms with Crippen LogP contribution in [0.15, 0.2) is 29.3 Å². The normalized spacial score (nSPS) is 12.8. The summed E-state index contributed by atoms with van der Waals surface area (Å²) in [6.45, 7) is 13.8. The summed E-state index contributed by atoms with van der Waals surface area (Å²) in [4.78, 5) is 16.3. The lowest BCUT2D eigenvalue weighted by Gasteiger charge is -2.20. The van der Waals surface area contributed by atoms with Crippen LogP contribution in [0.5, 0.6) is 0 Å². The van der Waals surface area contributed by atoms with Crippen molar-refractivity contribution in [1.82, 2.24) is 16.0 Å². The SMILES string of the molecule is CCNC(=NCC(=O)NC(C)(C)C)NCC(C)c1cccc(C)c1.I. The zero-order valence-electron chi connectivity index (χ0n) is 16.3. The standard InChI is InChI=1S/C19H32N4O.HI/c1-7-20-18(22-13-17(24)23-19(4,5)6)21-12-15(3)16-10-8-9-14(2)11-16;/h8-11,15H,7,12-13H2,1-6H3,(H,23,24)(H2,20,21,22);1H. The Morgan fingerprint density at radius 3 is 2.48 bits per heavy atom. The maximum absolute atomic E-state index is 11.9. The van der Waals surface area contributed by atoms with Crippen molar-refractivity contribution in [3.63, 3.8) is 0 Å². The fraction of sp³-hybridized carbons (Fsp3) is 0.579. The molecule has 0 heterocycles. The molecule has 0 aromatic heterocycles. The Bertz CT molecular complexity index is 567. The molecule has 5 nitrogen and oxygen atoms in total. The Morgan fingerprint density at radius 1 is 1.24 bits per heavy atom. The van der Waals surface area contributed by atoms with Gasteiger partial charge in [0.2, 0.25) is 5.91 Å². The molecule has 6 heteroatoms. The number of halogens is 1. The topological polar surface area (TPSA) is 65.5 Å². The fourth-order valence-electron chi connectivity index (χ4n) is 2.29. The first-order valence-corrected chi connectivity index (χ1v) is 8.61. The number of hydrogen-bond acceptors (Lipinski definition) is 2. The van der Waals surface area contributed by atoms with Crippen molar-refractivity contribution in [2.45, 2.75) is 53.0 Å². The molecule has 0 saturated heterocycles. The van der Waals surface area contributed by atoms with Crippen molar-refractivity contribution >= 4 is 35.8 Å². The maximum Gasteiger partial charge on any atom is 0.242 e. The lowest BCUT2D eigenvalue weighted by Crippen LogP contribution is -2.43. The quantitative estimate of drug-likeness (QED) is 0.347. The number of nitrogens with zero attached hydrogens (tertiary/aromatic N) is 1. The smallest absolute Gasteiger partial charge is 0.242 e. The molecule has 0 aliphatic heterocycles. The number of aliphatic imine (C=N–C) groups is 1. The van der Waals surface area contributed by atoms with E-state index in [0.29, 0.717) is 11.9 Å². The summed E-state index contributed by atoms with van der Waals surface area (Å²) in [5.41, 5.74) is 2.32. The Kier molecular flexibility index (Phi) is 10.7. The summed E-state index contributed by atoms with van der Waals surface area (Å²) < 4.78 is 0. The largest absolute Gasteiger partial charge is 0.357 e. The van der Waals surface area contributed by atoms with E-state index in [1.165, 1.54) is 11.1 Å². The molecule has 1 aromatic rings. The average Bonchev–Trinajstić information content (AvgIpc) is 2.48. The number of hydrogen-bond donors (Lipinski definition) is 3. The Hall–Kier alpha value is -1.31. The third-order valence-corrected chi connectivity index (χ3v) is 3.43. The molecular formula is C19H33IN4O. The molecule has 0 aliphatic rings. The minimum atomic E-state index is -0.238. The summed E-state index contributed by atoms with van der Waals surface area (Å²) in [6.07, 6.45) is 0. The van der Waals surface area contributed by atoms with E-state index in [0.717, 1.165) is 13.1 Å². The number of carbonyl (C=O) groups excluding carboxylic acids is 1. The van der Waals surface area contributed by atoms with Crippen LogP contribution < -0.4 is 16.0 Å². The fourth-order valence-corrected chi connectivity index (χ4v) is 2.29. The van der Waals surface area contributed by atoms with Crippen molar-refractivity contribution in [2.24, 2.45) is 4.99 Å². The van der Waals surface area contributed by atoms with Crippen molar-refractivity contribution < 1.29 is 4.79 Å². The monoisotopic (exact) mass is 460 g/mol. The molecule has 1 amide bonds. The van der Waals surface area contributed by atoms with Gasteiger partial charge in [0.05, 0.1) is 0 Å². The van der Waals surface area contributed by atoms with Gasteiger partial charge in [0, 0.05) is 18.6 Å². The predicted molar refractivity (Wildman–Crippen MR) is 117 cm³/mol. The van der Waals surface area contributed by atoms with Gasteiger partial charge in [-0.2, -0.15) is 0 Å². The number of guanidine groups is 1. The summed E-state index contributed by atoms with van der Waals surface area (Å²) in [5.74, 6) is 0.949. The molecule has 0 bridgehead atoms. The molecule has 1 rings (SSSR count). The Labute approximate surface area is 169 Å². The van der Waals surface area contributed by atoms with Gasteiger partial charge >= 0.3 is 0 Å². The molecule has 1 atom stereocenters. The molecule has 25 heavy (non-hydrogen) atoms. The van der Waals surface area contributed by atoms with Crippen LogP contribution in [0.3, 0.4) is 0 Å². The lowest BCUT2D eigenvalue weighted by molar-refractivity contribution is -0.121. The first kappa shape index (κ1) is 23.7. The molecule has 0 fully saturated rings. The molecule has 1 aromatic carbocycles. The van der Waals surface area contributed by atoms with E-state index in [-0.39, 0.29) is 42.0 Å². The molecule has 0 spiro atoms. The molecule has 3 N–H and O–H groups in total. The third-order valence-electron chi connectivity index (χ3n) is 3.43. The van der Waals surface area contributed by atoms with Gasteiger partial charge in [-0.15, -0.1) is 24.0 Å². The number of rotatable bonds is 6. The summed E-state index contributed by atoms with van der Waals surface area (Å²) in [5, 5.41) is 9.41. The van der Waals surface area contributed by atoms with Gasteiger partial charge in [-0.25, -0.2) is 4.99 Å². The second kappa shape index (κ2) is 11.3. The number of aryl methyl sites for hydroxylation is 1. The average molecular weight is 460 g/mol. The van der Waals surface area contributed by atoms with E-state index in [1.807, 2.05) is 27.7 Å². The number of benzene rings is 1. The zero-order chi connectivity index (χ0) is 18.2. The number of amides is 1. The highest BCUT2D eigenvalue weighted by molar-refractivity contribution is 14.0. The van der Waals surface area contributed by atoms with Crippen LogP contribution in [0.25, 0.3) is 0 Å². The minimum Gasteiger partial charge on any atom is -0.357 e. The van der Waals surface area contributed by atoms with Gasteiger partial charge in [0.15, 0.2) is 5.96 Å². The van der Waals surface area contributed by atoms with Crippen molar-refractivity contribution in [3.8, 4) is 0 Å². The summed E-state index contributed by atoms with van der Waals surface area (Å²) >= 11 is 0. The lowest BCUT2D eigenvalue weighted by atomic mass is 9.99. The van der Waals surface area contributed by atoms with Crippen LogP contribution in [0.1, 0.15) is 51.7 Å². The summed E-state index contributed by atoms with van der Waals surface area (Å²) in [7, 11) is 0. The predicted octanol–water partition coefficient (Wildman–Crippen LogP) is 3.19. The van der Waals surface area contributed by atoms with E-state index in [4.69, 9.17) is 0 Å². The van der Waals surface area contributed by atoms with E-state index >= 15 is 0 Å². The van der Waals surface area contributed by atoms with E-state index in [1.54, 1.807) is 0 Å². The second-order valence-corrected chi connectivity index (χ2v) is 7.19. The Balaban J connectivity index is 0.00000576. The van der Waals surface area contributed by atoms with Crippen molar-refractivity contribution in [2.75, 3.05) is 19.6 Å². The van der Waals surface area contributed by atoms with Gasteiger partial charge in [-0.1, -0.05) is 36.8 Å². The van der Waals surface area contributed by atoms with Gasteiger partial charge in [0.25, 0.3) is 0 Å². The van der Waals surface area contributed by atoms with Gasteiger partial charge in [-0.05, 0) is 46.1 Å². The third kappa shape index (κ3) is 10.3. The molecule has 0 aliphatic carbocycles. The van der Waals surface area contributed by atoms with Crippen molar-refractivity contribution in [3.05, 3.63) is 35.4 Å². The molecular weight excluding hydrogens is 427 g/mol.